The highest BCUT2D eigenvalue weighted by Gasteiger charge is 2.12. The Morgan fingerprint density at radius 3 is 3.06 bits per heavy atom. The largest absolute Gasteiger partial charge is 0.364 e. The van der Waals surface area contributed by atoms with E-state index in [0.717, 1.165) is 21.8 Å². The van der Waals surface area contributed by atoms with Gasteiger partial charge >= 0.3 is 0 Å². The van der Waals surface area contributed by atoms with E-state index in [1.807, 2.05) is 19.2 Å². The van der Waals surface area contributed by atoms with E-state index in [1.165, 1.54) is 0 Å². The predicted molar refractivity (Wildman–Crippen MR) is 61.1 cm³/mol. The number of hydrogen-bond acceptors (Lipinski definition) is 2. The summed E-state index contributed by atoms with van der Waals surface area (Å²) in [6, 6.07) is 5.68. The fraction of sp³-hybridized carbons (Fsp3) is 0.0909. The summed E-state index contributed by atoms with van der Waals surface area (Å²) in [5.74, 6) is -0.421. The van der Waals surface area contributed by atoms with Crippen LogP contribution in [0.15, 0.2) is 24.4 Å². The molecule has 5 heteroatoms. The van der Waals surface area contributed by atoms with Gasteiger partial charge in [-0.25, -0.2) is 0 Å². The number of carbonyl (C=O) groups excluding carboxylic acids is 1. The van der Waals surface area contributed by atoms with Crippen molar-refractivity contribution in [2.24, 2.45) is 12.8 Å². The summed E-state index contributed by atoms with van der Waals surface area (Å²) in [5, 5.41) is 8.87. The van der Waals surface area contributed by atoms with Crippen LogP contribution in [0, 0.1) is 0 Å². The molecule has 0 fully saturated rings. The quantitative estimate of drug-likeness (QED) is 0.637. The standard InChI is InChI=1S/C11H10N4O/c1-15-9(11(12)16)4-6-2-3-8-7(10(6)15)5-13-14-8/h2-5H,1H3,(H2,12,16)(H,13,14). The number of aromatic nitrogens is 3. The van der Waals surface area contributed by atoms with Crippen molar-refractivity contribution < 1.29 is 4.79 Å². The molecule has 16 heavy (non-hydrogen) atoms. The Balaban J connectivity index is 2.54. The molecule has 2 heterocycles. The minimum absolute atomic E-state index is 0.421. The molecule has 0 aliphatic rings. The van der Waals surface area contributed by atoms with Gasteiger partial charge in [0.2, 0.25) is 0 Å². The second-order valence-electron chi connectivity index (χ2n) is 3.79. The van der Waals surface area contributed by atoms with Gasteiger partial charge in [0.1, 0.15) is 5.69 Å². The summed E-state index contributed by atoms with van der Waals surface area (Å²) < 4.78 is 1.80. The molecule has 0 unspecified atom stereocenters. The third kappa shape index (κ3) is 0.995. The zero-order valence-electron chi connectivity index (χ0n) is 8.69. The van der Waals surface area contributed by atoms with Gasteiger partial charge in [0.05, 0.1) is 17.2 Å². The normalized spacial score (nSPS) is 11.3. The highest BCUT2D eigenvalue weighted by Crippen LogP contribution is 2.26. The molecule has 2 aromatic heterocycles. The van der Waals surface area contributed by atoms with Crippen LogP contribution in [0.3, 0.4) is 0 Å². The summed E-state index contributed by atoms with van der Waals surface area (Å²) in [7, 11) is 1.83. The highest BCUT2D eigenvalue weighted by molar-refractivity contribution is 6.08. The van der Waals surface area contributed by atoms with Crippen molar-refractivity contribution in [3.8, 4) is 0 Å². The second-order valence-corrected chi connectivity index (χ2v) is 3.79. The first kappa shape index (κ1) is 8.96. The fourth-order valence-corrected chi connectivity index (χ4v) is 2.11. The minimum atomic E-state index is -0.421. The molecule has 0 bridgehead atoms. The smallest absolute Gasteiger partial charge is 0.265 e. The van der Waals surface area contributed by atoms with Crippen molar-refractivity contribution in [3.63, 3.8) is 0 Å². The van der Waals surface area contributed by atoms with Crippen LogP contribution in [0.5, 0.6) is 0 Å². The molecule has 1 aromatic carbocycles. The number of carbonyl (C=O) groups is 1. The van der Waals surface area contributed by atoms with E-state index in [4.69, 9.17) is 5.73 Å². The zero-order valence-corrected chi connectivity index (χ0v) is 8.69. The van der Waals surface area contributed by atoms with Crippen LogP contribution >= 0.6 is 0 Å². The zero-order chi connectivity index (χ0) is 11.3. The first-order chi connectivity index (χ1) is 7.68. The number of rotatable bonds is 1. The molecule has 0 spiro atoms. The van der Waals surface area contributed by atoms with Crippen molar-refractivity contribution in [1.82, 2.24) is 14.8 Å². The number of nitrogens with two attached hydrogens (primary N) is 1. The van der Waals surface area contributed by atoms with Crippen LogP contribution in [-0.2, 0) is 7.05 Å². The van der Waals surface area contributed by atoms with E-state index in [2.05, 4.69) is 10.2 Å². The molecule has 3 rings (SSSR count). The number of aromatic amines is 1. The molecule has 3 N–H and O–H groups in total. The maximum atomic E-state index is 11.2. The topological polar surface area (TPSA) is 76.7 Å². The summed E-state index contributed by atoms with van der Waals surface area (Å²) in [5.41, 5.74) is 7.74. The molecule has 3 aromatic rings. The van der Waals surface area contributed by atoms with Crippen molar-refractivity contribution in [1.29, 1.82) is 0 Å². The number of nitrogens with one attached hydrogen (secondary N) is 1. The molecule has 5 nitrogen and oxygen atoms in total. The number of amides is 1. The average molecular weight is 214 g/mol. The van der Waals surface area contributed by atoms with E-state index in [0.29, 0.717) is 5.69 Å². The lowest BCUT2D eigenvalue weighted by molar-refractivity contribution is 0.0993. The van der Waals surface area contributed by atoms with Gasteiger partial charge < -0.3 is 10.3 Å². The molecule has 80 valence electrons. The predicted octanol–water partition coefficient (Wildman–Crippen LogP) is 1.15. The number of nitrogens with zero attached hydrogens (tertiary/aromatic N) is 2. The van der Waals surface area contributed by atoms with Crippen molar-refractivity contribution in [2.45, 2.75) is 0 Å². The first-order valence-electron chi connectivity index (χ1n) is 4.90. The van der Waals surface area contributed by atoms with Crippen LogP contribution in [-0.4, -0.2) is 20.7 Å². The first-order valence-corrected chi connectivity index (χ1v) is 4.90. The molecule has 0 atom stereocenters. The molecular weight excluding hydrogens is 204 g/mol. The van der Waals surface area contributed by atoms with Gasteiger partial charge in [-0.1, -0.05) is 6.07 Å². The minimum Gasteiger partial charge on any atom is -0.364 e. The van der Waals surface area contributed by atoms with E-state index >= 15 is 0 Å². The number of fused-ring (bicyclic) bond motifs is 3. The average Bonchev–Trinajstić information content (AvgIpc) is 2.81. The Morgan fingerprint density at radius 1 is 1.50 bits per heavy atom. The lowest BCUT2D eigenvalue weighted by Crippen LogP contribution is -2.14. The third-order valence-electron chi connectivity index (χ3n) is 2.87. The van der Waals surface area contributed by atoms with Crippen molar-refractivity contribution >= 4 is 27.7 Å². The van der Waals surface area contributed by atoms with Crippen LogP contribution < -0.4 is 5.73 Å². The van der Waals surface area contributed by atoms with Crippen LogP contribution in [0.4, 0.5) is 0 Å². The van der Waals surface area contributed by atoms with E-state index < -0.39 is 5.91 Å². The molecule has 0 radical (unpaired) electrons. The van der Waals surface area contributed by atoms with Gasteiger partial charge in [-0.05, 0) is 12.1 Å². The molecule has 0 saturated heterocycles. The molecule has 0 aliphatic carbocycles. The third-order valence-corrected chi connectivity index (χ3v) is 2.87. The van der Waals surface area contributed by atoms with E-state index in [-0.39, 0.29) is 0 Å². The monoisotopic (exact) mass is 214 g/mol. The Morgan fingerprint density at radius 2 is 2.31 bits per heavy atom. The summed E-state index contributed by atoms with van der Waals surface area (Å²) in [4.78, 5) is 11.2. The Bertz CT molecular complexity index is 707. The SMILES string of the molecule is Cn1c(C(N)=O)cc2ccc3[nH]ncc3c21. The number of aryl methyl sites for hydroxylation is 1. The van der Waals surface area contributed by atoms with Crippen LogP contribution in [0.1, 0.15) is 10.5 Å². The lowest BCUT2D eigenvalue weighted by Gasteiger charge is -2.00. The van der Waals surface area contributed by atoms with Gasteiger partial charge in [0.15, 0.2) is 0 Å². The molecule has 0 aliphatic heterocycles. The van der Waals surface area contributed by atoms with Crippen molar-refractivity contribution in [2.75, 3.05) is 0 Å². The molecule has 1 amide bonds. The van der Waals surface area contributed by atoms with Gasteiger partial charge in [-0.2, -0.15) is 5.10 Å². The van der Waals surface area contributed by atoms with Gasteiger partial charge in [0.25, 0.3) is 5.91 Å². The van der Waals surface area contributed by atoms with Crippen molar-refractivity contribution in [3.05, 3.63) is 30.1 Å². The second kappa shape index (κ2) is 2.85. The maximum Gasteiger partial charge on any atom is 0.265 e. The fourth-order valence-electron chi connectivity index (χ4n) is 2.11. The summed E-state index contributed by atoms with van der Waals surface area (Å²) in [6.45, 7) is 0. The Kier molecular flexibility index (Phi) is 1.60. The maximum absolute atomic E-state index is 11.2. The summed E-state index contributed by atoms with van der Waals surface area (Å²) in [6.07, 6.45) is 1.75. The molecule has 0 saturated carbocycles. The Labute approximate surface area is 90.8 Å². The number of primary amides is 1. The van der Waals surface area contributed by atoms with Gasteiger partial charge in [0, 0.05) is 17.8 Å². The van der Waals surface area contributed by atoms with E-state index in [9.17, 15) is 4.79 Å². The highest BCUT2D eigenvalue weighted by atomic mass is 16.1. The van der Waals surface area contributed by atoms with Crippen LogP contribution in [0.2, 0.25) is 0 Å². The Hall–Kier alpha value is -2.30. The number of H-pyrrole nitrogens is 1. The van der Waals surface area contributed by atoms with E-state index in [1.54, 1.807) is 16.8 Å². The van der Waals surface area contributed by atoms with Gasteiger partial charge in [-0.3, -0.25) is 9.89 Å². The molecular formula is C11H10N4O. The van der Waals surface area contributed by atoms with Gasteiger partial charge in [-0.15, -0.1) is 0 Å². The lowest BCUT2D eigenvalue weighted by atomic mass is 10.2. The van der Waals surface area contributed by atoms with Crippen LogP contribution in [0.25, 0.3) is 21.8 Å². The summed E-state index contributed by atoms with van der Waals surface area (Å²) >= 11 is 0. The number of hydrogen-bond donors (Lipinski definition) is 2. The number of benzene rings is 1.